The van der Waals surface area contributed by atoms with Gasteiger partial charge in [-0.3, -0.25) is 0 Å². The average Bonchev–Trinajstić information content (AvgIpc) is 3.07. The Morgan fingerprint density at radius 2 is 1.85 bits per heavy atom. The molecule has 2 aromatic heterocycles. The average molecular weight is 277 g/mol. The highest BCUT2D eigenvalue weighted by molar-refractivity contribution is 5.60. The number of hydrogen-bond acceptors (Lipinski definition) is 7. The van der Waals surface area contributed by atoms with Gasteiger partial charge < -0.3 is 10.3 Å². The Balaban J connectivity index is 1.71. The molecule has 1 aliphatic rings. The molecule has 20 heavy (non-hydrogen) atoms. The number of nitrogen functional groups attached to an aromatic ring is 1. The molecular formula is C13H19N5O2. The van der Waals surface area contributed by atoms with E-state index >= 15 is 0 Å². The quantitative estimate of drug-likeness (QED) is 0.919. The van der Waals surface area contributed by atoms with Gasteiger partial charge in [-0.05, 0) is 47.8 Å². The van der Waals surface area contributed by atoms with Crippen molar-refractivity contribution in [1.29, 1.82) is 0 Å². The number of hydrogen-bond donors (Lipinski definition) is 1. The highest BCUT2D eigenvalue weighted by Crippen LogP contribution is 2.38. The van der Waals surface area contributed by atoms with E-state index < -0.39 is 0 Å². The van der Waals surface area contributed by atoms with E-state index in [4.69, 9.17) is 10.3 Å². The highest BCUT2D eigenvalue weighted by atomic mass is 16.6. The molecule has 3 rings (SSSR count). The second kappa shape index (κ2) is 5.22. The fraction of sp³-hybridized carbons (Fsp3) is 0.692. The minimum Gasteiger partial charge on any atom is -0.379 e. The van der Waals surface area contributed by atoms with Crippen LogP contribution in [0.15, 0.2) is 9.15 Å². The van der Waals surface area contributed by atoms with Crippen molar-refractivity contribution < 1.29 is 9.15 Å². The van der Waals surface area contributed by atoms with Crippen LogP contribution in [0.1, 0.15) is 51.3 Å². The van der Waals surface area contributed by atoms with E-state index in [0.29, 0.717) is 11.6 Å². The molecule has 0 aliphatic heterocycles. The predicted molar refractivity (Wildman–Crippen MR) is 71.5 cm³/mol. The molecule has 0 saturated heterocycles. The summed E-state index contributed by atoms with van der Waals surface area (Å²) in [4.78, 5) is 4.39. The van der Waals surface area contributed by atoms with Gasteiger partial charge in [0.25, 0.3) is 5.89 Å². The fourth-order valence-corrected chi connectivity index (χ4v) is 2.88. The zero-order valence-electron chi connectivity index (χ0n) is 11.7. The van der Waals surface area contributed by atoms with Crippen LogP contribution in [-0.2, 0) is 0 Å². The van der Waals surface area contributed by atoms with Gasteiger partial charge in [0.2, 0.25) is 11.5 Å². The lowest BCUT2D eigenvalue weighted by Crippen LogP contribution is -2.18. The Kier molecular flexibility index (Phi) is 3.42. The first kappa shape index (κ1) is 13.1. The van der Waals surface area contributed by atoms with Gasteiger partial charge in [-0.15, -0.1) is 0 Å². The molecular weight excluding hydrogens is 258 g/mol. The summed E-state index contributed by atoms with van der Waals surface area (Å²) in [6.07, 6.45) is 4.66. The van der Waals surface area contributed by atoms with Crippen LogP contribution in [0.2, 0.25) is 0 Å². The maximum absolute atomic E-state index is 5.62. The van der Waals surface area contributed by atoms with Crippen LogP contribution in [0.4, 0.5) is 5.82 Å². The molecule has 0 atom stereocenters. The molecule has 0 radical (unpaired) electrons. The van der Waals surface area contributed by atoms with Gasteiger partial charge in [0, 0.05) is 5.92 Å². The van der Waals surface area contributed by atoms with Crippen molar-refractivity contribution in [2.45, 2.75) is 45.4 Å². The second-order valence-corrected chi connectivity index (χ2v) is 5.81. The summed E-state index contributed by atoms with van der Waals surface area (Å²) >= 11 is 0. The molecule has 0 unspecified atom stereocenters. The Labute approximate surface area is 116 Å². The third kappa shape index (κ3) is 2.39. The van der Waals surface area contributed by atoms with Crippen molar-refractivity contribution in [3.8, 4) is 11.6 Å². The predicted octanol–water partition coefficient (Wildman–Crippen LogP) is 2.63. The van der Waals surface area contributed by atoms with Crippen LogP contribution in [0, 0.1) is 11.8 Å². The minimum atomic E-state index is 0.170. The SMILES string of the molecule is CC(C)C1CCC(c2noc(-c3nonc3N)n2)CC1. The molecule has 2 heterocycles. The van der Waals surface area contributed by atoms with Gasteiger partial charge in [0.15, 0.2) is 5.82 Å². The van der Waals surface area contributed by atoms with Crippen molar-refractivity contribution in [3.05, 3.63) is 5.82 Å². The van der Waals surface area contributed by atoms with Crippen LogP contribution in [0.3, 0.4) is 0 Å². The monoisotopic (exact) mass is 277 g/mol. The lowest BCUT2D eigenvalue weighted by molar-refractivity contribution is 0.252. The van der Waals surface area contributed by atoms with Gasteiger partial charge in [-0.2, -0.15) is 4.98 Å². The zero-order valence-corrected chi connectivity index (χ0v) is 11.7. The van der Waals surface area contributed by atoms with E-state index in [9.17, 15) is 0 Å². The van der Waals surface area contributed by atoms with Crippen LogP contribution in [0.25, 0.3) is 11.6 Å². The molecule has 0 spiro atoms. The van der Waals surface area contributed by atoms with Crippen molar-refractivity contribution in [2.75, 3.05) is 5.73 Å². The summed E-state index contributed by atoms with van der Waals surface area (Å²) in [5.74, 6) is 3.12. The van der Waals surface area contributed by atoms with Gasteiger partial charge in [0.1, 0.15) is 0 Å². The first-order valence-electron chi connectivity index (χ1n) is 7.07. The van der Waals surface area contributed by atoms with Gasteiger partial charge >= 0.3 is 0 Å². The summed E-state index contributed by atoms with van der Waals surface area (Å²) in [7, 11) is 0. The first-order chi connectivity index (χ1) is 9.65. The van der Waals surface area contributed by atoms with E-state index in [0.717, 1.165) is 30.5 Å². The van der Waals surface area contributed by atoms with Gasteiger partial charge in [-0.1, -0.05) is 19.0 Å². The van der Waals surface area contributed by atoms with Crippen LogP contribution >= 0.6 is 0 Å². The number of nitrogens with two attached hydrogens (primary N) is 1. The van der Waals surface area contributed by atoms with E-state index in [1.807, 2.05) is 0 Å². The third-order valence-electron chi connectivity index (χ3n) is 4.24. The smallest absolute Gasteiger partial charge is 0.284 e. The van der Waals surface area contributed by atoms with Crippen LogP contribution in [0.5, 0.6) is 0 Å². The van der Waals surface area contributed by atoms with E-state index in [-0.39, 0.29) is 11.7 Å². The Bertz CT molecular complexity index is 569. The maximum atomic E-state index is 5.62. The number of rotatable bonds is 3. The molecule has 1 aliphatic carbocycles. The van der Waals surface area contributed by atoms with E-state index in [1.54, 1.807) is 0 Å². The second-order valence-electron chi connectivity index (χ2n) is 5.81. The molecule has 0 amide bonds. The topological polar surface area (TPSA) is 104 Å². The van der Waals surface area contributed by atoms with E-state index in [1.165, 1.54) is 12.8 Å². The Hall–Kier alpha value is -1.92. The van der Waals surface area contributed by atoms with Crippen molar-refractivity contribution >= 4 is 5.82 Å². The summed E-state index contributed by atoms with van der Waals surface area (Å²) < 4.78 is 9.76. The lowest BCUT2D eigenvalue weighted by Gasteiger charge is -2.29. The Morgan fingerprint density at radius 3 is 2.45 bits per heavy atom. The molecule has 1 saturated carbocycles. The van der Waals surface area contributed by atoms with Crippen molar-refractivity contribution in [3.63, 3.8) is 0 Å². The third-order valence-corrected chi connectivity index (χ3v) is 4.24. The van der Waals surface area contributed by atoms with Crippen LogP contribution < -0.4 is 5.73 Å². The zero-order chi connectivity index (χ0) is 14.1. The largest absolute Gasteiger partial charge is 0.379 e. The number of aromatic nitrogens is 4. The summed E-state index contributed by atoms with van der Waals surface area (Å²) in [6.45, 7) is 4.58. The lowest BCUT2D eigenvalue weighted by atomic mass is 9.77. The molecule has 1 fully saturated rings. The maximum Gasteiger partial charge on any atom is 0.284 e. The molecule has 7 nitrogen and oxygen atoms in total. The summed E-state index contributed by atoms with van der Waals surface area (Å²) in [5, 5.41) is 11.2. The molecule has 2 N–H and O–H groups in total. The summed E-state index contributed by atoms with van der Waals surface area (Å²) in [5.41, 5.74) is 5.94. The van der Waals surface area contributed by atoms with Crippen LogP contribution in [-0.4, -0.2) is 20.5 Å². The van der Waals surface area contributed by atoms with Gasteiger partial charge in [-0.25, -0.2) is 4.63 Å². The Morgan fingerprint density at radius 1 is 1.10 bits per heavy atom. The van der Waals surface area contributed by atoms with E-state index in [2.05, 4.69) is 38.9 Å². The molecule has 0 bridgehead atoms. The van der Waals surface area contributed by atoms with Crippen molar-refractivity contribution in [1.82, 2.24) is 20.5 Å². The summed E-state index contributed by atoms with van der Waals surface area (Å²) in [6, 6.07) is 0. The molecule has 0 aromatic carbocycles. The molecule has 7 heteroatoms. The van der Waals surface area contributed by atoms with Crippen molar-refractivity contribution in [2.24, 2.45) is 11.8 Å². The normalized spacial score (nSPS) is 23.4. The molecule has 108 valence electrons. The highest BCUT2D eigenvalue weighted by Gasteiger charge is 2.28. The molecule has 2 aromatic rings. The minimum absolute atomic E-state index is 0.170. The number of nitrogens with zero attached hydrogens (tertiary/aromatic N) is 4. The first-order valence-corrected chi connectivity index (χ1v) is 7.07. The van der Waals surface area contributed by atoms with Gasteiger partial charge in [0.05, 0.1) is 0 Å². The number of anilines is 1. The fourth-order valence-electron chi connectivity index (χ4n) is 2.88. The standard InChI is InChI=1S/C13H19N5O2/c1-7(2)8-3-5-9(6-4-8)12-15-13(19-18-12)10-11(14)17-20-16-10/h7-9H,3-6H2,1-2H3,(H2,14,17).